The lowest BCUT2D eigenvalue weighted by Crippen LogP contribution is -2.65. The van der Waals surface area contributed by atoms with E-state index in [1.165, 1.54) is 25.2 Å². The first-order valence-corrected chi connectivity index (χ1v) is 11.7. The van der Waals surface area contributed by atoms with Gasteiger partial charge >= 0.3 is 6.61 Å². The molecule has 4 heterocycles. The minimum absolute atomic E-state index is 0.101. The predicted molar refractivity (Wildman–Crippen MR) is 105 cm³/mol. The van der Waals surface area contributed by atoms with E-state index in [2.05, 4.69) is 13.9 Å². The molecule has 160 valence electrons. The van der Waals surface area contributed by atoms with Crippen molar-refractivity contribution in [2.45, 2.75) is 68.2 Å². The van der Waals surface area contributed by atoms with Crippen LogP contribution in [-0.2, 0) is 16.1 Å². The molecular formula is C21H28F2N2O3S. The molecule has 5 rings (SSSR count). The van der Waals surface area contributed by atoms with E-state index < -0.39 is 18.0 Å². The Kier molecular flexibility index (Phi) is 5.49. The summed E-state index contributed by atoms with van der Waals surface area (Å²) in [6, 6.07) is 7.62. The summed E-state index contributed by atoms with van der Waals surface area (Å²) in [7, 11) is 0. The summed E-state index contributed by atoms with van der Waals surface area (Å²) in [6.07, 6.45) is 6.71. The molecule has 3 atom stereocenters. The fourth-order valence-corrected chi connectivity index (χ4v) is 7.43. The number of likely N-dealkylation sites (tertiary alicyclic amines) is 1. The van der Waals surface area contributed by atoms with Crippen molar-refractivity contribution < 1.29 is 22.8 Å². The molecule has 2 bridgehead atoms. The van der Waals surface area contributed by atoms with E-state index in [0.717, 1.165) is 51.7 Å². The highest BCUT2D eigenvalue weighted by Crippen LogP contribution is 2.52. The molecule has 1 spiro atoms. The SMILES string of the molecule is [O-][S+](c1ccc(OC(F)F)cc1)N1C2CCC1CC1(C2)CN(C2CCOCC2)C1. The van der Waals surface area contributed by atoms with E-state index >= 15 is 0 Å². The Hall–Kier alpha value is -0.930. The Morgan fingerprint density at radius 3 is 2.21 bits per heavy atom. The smallest absolute Gasteiger partial charge is 0.387 e. The summed E-state index contributed by atoms with van der Waals surface area (Å²) in [4.78, 5) is 3.30. The van der Waals surface area contributed by atoms with Crippen LogP contribution in [0.4, 0.5) is 8.78 Å². The van der Waals surface area contributed by atoms with Crippen LogP contribution in [0, 0.1) is 5.41 Å². The molecule has 8 heteroatoms. The molecule has 1 aromatic carbocycles. The average Bonchev–Trinajstić information content (AvgIpc) is 2.96. The molecule has 5 nitrogen and oxygen atoms in total. The number of hydrogen-bond acceptors (Lipinski definition) is 5. The topological polar surface area (TPSA) is 48.0 Å². The van der Waals surface area contributed by atoms with E-state index in [1.807, 2.05) is 0 Å². The Bertz CT molecular complexity index is 694. The Balaban J connectivity index is 1.22. The van der Waals surface area contributed by atoms with Crippen molar-refractivity contribution in [2.24, 2.45) is 5.41 Å². The fraction of sp³-hybridized carbons (Fsp3) is 0.714. The maximum absolute atomic E-state index is 13.2. The van der Waals surface area contributed by atoms with Crippen LogP contribution < -0.4 is 4.74 Å². The maximum Gasteiger partial charge on any atom is 0.387 e. The highest BCUT2D eigenvalue weighted by Gasteiger charge is 2.57. The van der Waals surface area contributed by atoms with Crippen molar-refractivity contribution in [1.29, 1.82) is 0 Å². The second-order valence-electron chi connectivity index (χ2n) is 9.00. The van der Waals surface area contributed by atoms with Crippen molar-refractivity contribution in [3.63, 3.8) is 0 Å². The number of alkyl halides is 2. The largest absolute Gasteiger partial charge is 0.593 e. The van der Waals surface area contributed by atoms with Crippen molar-refractivity contribution in [3.05, 3.63) is 24.3 Å². The predicted octanol–water partition coefficient (Wildman–Crippen LogP) is 3.42. The van der Waals surface area contributed by atoms with Gasteiger partial charge in [-0.05, 0) is 68.2 Å². The number of ether oxygens (including phenoxy) is 2. The molecule has 0 saturated carbocycles. The van der Waals surface area contributed by atoms with Gasteiger partial charge in [0.25, 0.3) is 0 Å². The van der Waals surface area contributed by atoms with E-state index in [0.29, 0.717) is 28.4 Å². The van der Waals surface area contributed by atoms with Gasteiger partial charge in [0.15, 0.2) is 4.90 Å². The summed E-state index contributed by atoms with van der Waals surface area (Å²) < 4.78 is 50.0. The van der Waals surface area contributed by atoms with Crippen molar-refractivity contribution >= 4 is 11.4 Å². The van der Waals surface area contributed by atoms with Crippen LogP contribution in [0.3, 0.4) is 0 Å². The Labute approximate surface area is 173 Å². The second-order valence-corrected chi connectivity index (χ2v) is 10.4. The zero-order chi connectivity index (χ0) is 20.0. The van der Waals surface area contributed by atoms with Gasteiger partial charge in [0, 0.05) is 32.3 Å². The number of fused-ring (bicyclic) bond motifs is 2. The zero-order valence-electron chi connectivity index (χ0n) is 16.5. The van der Waals surface area contributed by atoms with Gasteiger partial charge in [-0.15, -0.1) is 4.31 Å². The molecule has 0 aromatic heterocycles. The minimum atomic E-state index is -2.84. The highest BCUT2D eigenvalue weighted by molar-refractivity contribution is 7.89. The van der Waals surface area contributed by atoms with Crippen molar-refractivity contribution in [1.82, 2.24) is 9.21 Å². The third kappa shape index (κ3) is 3.90. The van der Waals surface area contributed by atoms with E-state index in [-0.39, 0.29) is 5.75 Å². The van der Waals surface area contributed by atoms with E-state index in [1.54, 1.807) is 12.1 Å². The quantitative estimate of drug-likeness (QED) is 0.676. The number of piperidine rings is 1. The van der Waals surface area contributed by atoms with Gasteiger partial charge in [0.1, 0.15) is 5.75 Å². The summed E-state index contributed by atoms with van der Waals surface area (Å²) >= 11 is -1.25. The van der Waals surface area contributed by atoms with Gasteiger partial charge in [-0.3, -0.25) is 4.90 Å². The van der Waals surface area contributed by atoms with Crippen molar-refractivity contribution in [2.75, 3.05) is 26.3 Å². The van der Waals surface area contributed by atoms with Crippen LogP contribution in [0.25, 0.3) is 0 Å². The first-order valence-electron chi connectivity index (χ1n) is 10.6. The molecule has 4 aliphatic heterocycles. The van der Waals surface area contributed by atoms with Crippen LogP contribution in [0.15, 0.2) is 29.2 Å². The zero-order valence-corrected chi connectivity index (χ0v) is 17.3. The van der Waals surface area contributed by atoms with Crippen LogP contribution in [0.1, 0.15) is 38.5 Å². The molecule has 0 aliphatic carbocycles. The molecule has 0 N–H and O–H groups in total. The molecule has 1 aromatic rings. The van der Waals surface area contributed by atoms with E-state index in [4.69, 9.17) is 4.74 Å². The first kappa shape index (κ1) is 20.0. The van der Waals surface area contributed by atoms with Crippen LogP contribution in [0.2, 0.25) is 0 Å². The Morgan fingerprint density at radius 2 is 1.62 bits per heavy atom. The van der Waals surface area contributed by atoms with Gasteiger partial charge in [0.2, 0.25) is 0 Å². The first-order chi connectivity index (χ1) is 14.0. The van der Waals surface area contributed by atoms with Crippen LogP contribution >= 0.6 is 0 Å². The van der Waals surface area contributed by atoms with Gasteiger partial charge in [-0.2, -0.15) is 8.78 Å². The average molecular weight is 427 g/mol. The summed E-state index contributed by atoms with van der Waals surface area (Å²) in [6.45, 7) is 1.26. The summed E-state index contributed by atoms with van der Waals surface area (Å²) in [5.74, 6) is 0.101. The standard InChI is InChI=1S/C21H28F2N2O3S/c22-20(23)28-18-3-5-19(6-4-18)29(26)25-16-1-2-17(25)12-21(11-16)13-24(14-21)15-7-9-27-10-8-15/h3-6,15-17,20H,1-2,7-14H2. The lowest BCUT2D eigenvalue weighted by atomic mass is 9.69. The van der Waals surface area contributed by atoms with Gasteiger partial charge in [-0.1, -0.05) is 0 Å². The van der Waals surface area contributed by atoms with E-state index in [9.17, 15) is 13.3 Å². The molecule has 29 heavy (non-hydrogen) atoms. The van der Waals surface area contributed by atoms with Crippen molar-refractivity contribution in [3.8, 4) is 5.75 Å². The lowest BCUT2D eigenvalue weighted by molar-refractivity contribution is -0.0955. The third-order valence-electron chi connectivity index (χ3n) is 7.12. The molecule has 3 unspecified atom stereocenters. The number of halogens is 2. The molecule has 0 radical (unpaired) electrons. The minimum Gasteiger partial charge on any atom is -0.593 e. The normalized spacial score (nSPS) is 31.2. The van der Waals surface area contributed by atoms with Gasteiger partial charge < -0.3 is 14.0 Å². The van der Waals surface area contributed by atoms with Gasteiger partial charge in [-0.25, -0.2) is 0 Å². The number of hydrogen-bond donors (Lipinski definition) is 0. The monoisotopic (exact) mass is 426 g/mol. The third-order valence-corrected chi connectivity index (χ3v) is 8.77. The van der Waals surface area contributed by atoms with Crippen LogP contribution in [0.5, 0.6) is 5.75 Å². The molecule has 0 amide bonds. The number of nitrogens with zero attached hydrogens (tertiary/aromatic N) is 2. The molecular weight excluding hydrogens is 398 g/mol. The second kappa shape index (κ2) is 7.96. The fourth-order valence-electron chi connectivity index (χ4n) is 5.92. The van der Waals surface area contributed by atoms with Gasteiger partial charge in [0.05, 0.1) is 23.4 Å². The Morgan fingerprint density at radius 1 is 1.00 bits per heavy atom. The number of benzene rings is 1. The lowest BCUT2D eigenvalue weighted by Gasteiger charge is -2.58. The molecule has 4 aliphatic rings. The highest BCUT2D eigenvalue weighted by atomic mass is 32.2. The van der Waals surface area contributed by atoms with Crippen LogP contribution in [-0.4, -0.2) is 64.8 Å². The summed E-state index contributed by atoms with van der Waals surface area (Å²) in [5.41, 5.74) is 0.389. The maximum atomic E-state index is 13.2. The molecule has 4 fully saturated rings. The number of rotatable bonds is 5. The summed E-state index contributed by atoms with van der Waals surface area (Å²) in [5, 5.41) is 0. The molecule has 4 saturated heterocycles.